The zero-order valence-corrected chi connectivity index (χ0v) is 18.4. The van der Waals surface area contributed by atoms with E-state index < -0.39 is 0 Å². The van der Waals surface area contributed by atoms with Crippen LogP contribution in [-0.2, 0) is 17.9 Å². The van der Waals surface area contributed by atoms with Gasteiger partial charge in [0.15, 0.2) is 11.5 Å². The van der Waals surface area contributed by atoms with E-state index in [0.29, 0.717) is 36.8 Å². The number of ether oxygens (including phenoxy) is 2. The maximum atomic E-state index is 12.6. The number of carbonyl (C=O) groups excluding carboxylic acids is 2. The molecule has 7 nitrogen and oxygen atoms in total. The Kier molecular flexibility index (Phi) is 8.00. The van der Waals surface area contributed by atoms with Crippen LogP contribution >= 0.6 is 11.3 Å². The Morgan fingerprint density at radius 2 is 1.94 bits per heavy atom. The molecule has 1 N–H and O–H groups in total. The van der Waals surface area contributed by atoms with E-state index >= 15 is 0 Å². The second-order valence-electron chi connectivity index (χ2n) is 6.71. The maximum Gasteiger partial charge on any atom is 0.251 e. The van der Waals surface area contributed by atoms with E-state index in [1.807, 2.05) is 42.6 Å². The van der Waals surface area contributed by atoms with E-state index in [-0.39, 0.29) is 18.4 Å². The SMILES string of the molecule is CCN(Cc1ccccc1)C(=O)CNC(=O)c1ccc(OCc2cscn2)c(OC)c1. The van der Waals surface area contributed by atoms with Gasteiger partial charge in [-0.3, -0.25) is 9.59 Å². The van der Waals surface area contributed by atoms with Crippen molar-refractivity contribution in [2.45, 2.75) is 20.1 Å². The lowest BCUT2D eigenvalue weighted by Crippen LogP contribution is -2.39. The molecule has 0 atom stereocenters. The second-order valence-corrected chi connectivity index (χ2v) is 7.43. The molecular weight excluding hydrogens is 414 g/mol. The molecule has 0 bridgehead atoms. The average Bonchev–Trinajstić information content (AvgIpc) is 3.33. The highest BCUT2D eigenvalue weighted by atomic mass is 32.1. The smallest absolute Gasteiger partial charge is 0.251 e. The number of hydrogen-bond acceptors (Lipinski definition) is 6. The minimum Gasteiger partial charge on any atom is -0.493 e. The lowest BCUT2D eigenvalue weighted by Gasteiger charge is -2.21. The molecule has 0 unspecified atom stereocenters. The molecule has 2 aromatic carbocycles. The highest BCUT2D eigenvalue weighted by Crippen LogP contribution is 2.28. The standard InChI is InChI=1S/C23H25N3O4S/c1-3-26(13-17-7-5-4-6-8-17)22(27)12-24-23(28)18-9-10-20(21(11-18)29-2)30-14-19-15-31-16-25-19/h4-11,15-16H,3,12-14H2,1-2H3,(H,24,28). The Balaban J connectivity index is 1.57. The molecule has 0 spiro atoms. The third-order valence-corrected chi connectivity index (χ3v) is 5.27. The maximum absolute atomic E-state index is 12.6. The number of likely N-dealkylation sites (N-methyl/N-ethyl adjacent to an activating group) is 1. The van der Waals surface area contributed by atoms with E-state index in [1.54, 1.807) is 28.6 Å². The number of methoxy groups -OCH3 is 1. The third kappa shape index (κ3) is 6.29. The minimum absolute atomic E-state index is 0.0795. The summed E-state index contributed by atoms with van der Waals surface area (Å²) in [6, 6.07) is 14.7. The van der Waals surface area contributed by atoms with Gasteiger partial charge in [-0.25, -0.2) is 4.98 Å². The molecular formula is C23H25N3O4S. The first-order valence-electron chi connectivity index (χ1n) is 9.88. The minimum atomic E-state index is -0.353. The van der Waals surface area contributed by atoms with Gasteiger partial charge in [-0.1, -0.05) is 30.3 Å². The molecule has 0 saturated heterocycles. The van der Waals surface area contributed by atoms with E-state index in [4.69, 9.17) is 9.47 Å². The fraction of sp³-hybridized carbons (Fsp3) is 0.261. The highest BCUT2D eigenvalue weighted by molar-refractivity contribution is 7.07. The molecule has 31 heavy (non-hydrogen) atoms. The molecule has 0 aliphatic heterocycles. The molecule has 2 amide bonds. The molecule has 8 heteroatoms. The quantitative estimate of drug-likeness (QED) is 0.523. The van der Waals surface area contributed by atoms with Crippen molar-refractivity contribution in [1.82, 2.24) is 15.2 Å². The van der Waals surface area contributed by atoms with Crippen LogP contribution in [0, 0.1) is 0 Å². The Bertz CT molecular complexity index is 993. The van der Waals surface area contributed by atoms with Crippen LogP contribution in [0.25, 0.3) is 0 Å². The molecule has 0 aliphatic carbocycles. The van der Waals surface area contributed by atoms with Crippen molar-refractivity contribution < 1.29 is 19.1 Å². The van der Waals surface area contributed by atoms with E-state index in [1.165, 1.54) is 18.4 Å². The van der Waals surface area contributed by atoms with Gasteiger partial charge in [0.2, 0.25) is 5.91 Å². The van der Waals surface area contributed by atoms with Gasteiger partial charge in [-0.2, -0.15) is 0 Å². The summed E-state index contributed by atoms with van der Waals surface area (Å²) in [6.45, 7) is 3.21. The van der Waals surface area contributed by atoms with Gasteiger partial charge in [0.1, 0.15) is 6.61 Å². The molecule has 1 heterocycles. The van der Waals surface area contributed by atoms with Gasteiger partial charge in [0, 0.05) is 24.0 Å². The molecule has 1 aromatic heterocycles. The van der Waals surface area contributed by atoms with Crippen LogP contribution in [0.3, 0.4) is 0 Å². The number of thiazole rings is 1. The van der Waals surface area contributed by atoms with Crippen LogP contribution < -0.4 is 14.8 Å². The zero-order chi connectivity index (χ0) is 22.1. The first-order valence-corrected chi connectivity index (χ1v) is 10.8. The summed E-state index contributed by atoms with van der Waals surface area (Å²) in [5.41, 5.74) is 3.99. The van der Waals surface area contributed by atoms with Gasteiger partial charge < -0.3 is 19.7 Å². The number of amides is 2. The lowest BCUT2D eigenvalue weighted by atomic mass is 10.2. The molecule has 0 fully saturated rings. The third-order valence-electron chi connectivity index (χ3n) is 4.64. The van der Waals surface area contributed by atoms with E-state index in [2.05, 4.69) is 10.3 Å². The Morgan fingerprint density at radius 3 is 2.61 bits per heavy atom. The van der Waals surface area contributed by atoms with Crippen LogP contribution in [0.1, 0.15) is 28.5 Å². The van der Waals surface area contributed by atoms with Crippen LogP contribution in [-0.4, -0.2) is 41.9 Å². The predicted octanol–water partition coefficient (Wildman–Crippen LogP) is 3.51. The first-order chi connectivity index (χ1) is 15.1. The Labute approximate surface area is 185 Å². The van der Waals surface area contributed by atoms with Crippen LogP contribution in [0.15, 0.2) is 59.4 Å². The first kappa shape index (κ1) is 22.3. The van der Waals surface area contributed by atoms with Crippen molar-refractivity contribution in [2.24, 2.45) is 0 Å². The summed E-state index contributed by atoms with van der Waals surface area (Å²) < 4.78 is 11.1. The number of hydrogen-bond donors (Lipinski definition) is 1. The van der Waals surface area contributed by atoms with Crippen LogP contribution in [0.4, 0.5) is 0 Å². The highest BCUT2D eigenvalue weighted by Gasteiger charge is 2.16. The number of carbonyl (C=O) groups is 2. The van der Waals surface area contributed by atoms with Gasteiger partial charge in [-0.15, -0.1) is 11.3 Å². The van der Waals surface area contributed by atoms with Gasteiger partial charge >= 0.3 is 0 Å². The second kappa shape index (κ2) is 11.1. The fourth-order valence-corrected chi connectivity index (χ4v) is 3.48. The molecule has 162 valence electrons. The topological polar surface area (TPSA) is 80.8 Å². The number of aromatic nitrogens is 1. The van der Waals surface area contributed by atoms with Crippen LogP contribution in [0.5, 0.6) is 11.5 Å². The van der Waals surface area contributed by atoms with Crippen molar-refractivity contribution in [3.8, 4) is 11.5 Å². The number of nitrogens with zero attached hydrogens (tertiary/aromatic N) is 2. The normalized spacial score (nSPS) is 10.4. The van der Waals surface area contributed by atoms with Gasteiger partial charge in [0.25, 0.3) is 5.91 Å². The molecule has 0 saturated carbocycles. The molecule has 3 aromatic rings. The van der Waals surface area contributed by atoms with Crippen molar-refractivity contribution >= 4 is 23.2 Å². The summed E-state index contributed by atoms with van der Waals surface area (Å²) >= 11 is 1.50. The van der Waals surface area contributed by atoms with Crippen LogP contribution in [0.2, 0.25) is 0 Å². The average molecular weight is 440 g/mol. The largest absolute Gasteiger partial charge is 0.493 e. The van der Waals surface area contributed by atoms with Crippen molar-refractivity contribution in [1.29, 1.82) is 0 Å². The fourth-order valence-electron chi connectivity index (χ4n) is 2.94. The zero-order valence-electron chi connectivity index (χ0n) is 17.5. The number of benzene rings is 2. The van der Waals surface area contributed by atoms with E-state index in [9.17, 15) is 9.59 Å². The van der Waals surface area contributed by atoms with Crippen molar-refractivity contribution in [3.05, 3.63) is 76.2 Å². The molecule has 3 rings (SSSR count). The van der Waals surface area contributed by atoms with Gasteiger partial charge in [-0.05, 0) is 30.7 Å². The molecule has 0 aliphatic rings. The summed E-state index contributed by atoms with van der Waals surface area (Å²) in [6.07, 6.45) is 0. The van der Waals surface area contributed by atoms with Crippen molar-refractivity contribution in [3.63, 3.8) is 0 Å². The summed E-state index contributed by atoms with van der Waals surface area (Å²) in [4.78, 5) is 31.0. The predicted molar refractivity (Wildman–Crippen MR) is 119 cm³/mol. The van der Waals surface area contributed by atoms with Crippen molar-refractivity contribution in [2.75, 3.05) is 20.2 Å². The summed E-state index contributed by atoms with van der Waals surface area (Å²) in [7, 11) is 1.51. The Hall–Kier alpha value is -3.39. The van der Waals surface area contributed by atoms with E-state index in [0.717, 1.165) is 11.3 Å². The summed E-state index contributed by atoms with van der Waals surface area (Å²) in [5, 5.41) is 4.59. The molecule has 0 radical (unpaired) electrons. The monoisotopic (exact) mass is 439 g/mol. The number of nitrogens with one attached hydrogen (secondary N) is 1. The lowest BCUT2D eigenvalue weighted by molar-refractivity contribution is -0.130. The number of rotatable bonds is 10. The van der Waals surface area contributed by atoms with Gasteiger partial charge in [0.05, 0.1) is 24.9 Å². The Morgan fingerprint density at radius 1 is 1.13 bits per heavy atom. The summed E-state index contributed by atoms with van der Waals surface area (Å²) in [5.74, 6) is 0.458.